The van der Waals surface area contributed by atoms with Crippen molar-refractivity contribution >= 4 is 11.0 Å². The van der Waals surface area contributed by atoms with Crippen molar-refractivity contribution in [2.45, 2.75) is 12.6 Å². The van der Waals surface area contributed by atoms with Gasteiger partial charge in [0, 0.05) is 18.1 Å². The molecule has 0 spiro atoms. The Morgan fingerprint density at radius 3 is 3.50 bits per heavy atom. The van der Waals surface area contributed by atoms with Crippen LogP contribution in [0.3, 0.4) is 0 Å². The number of nitrogens with zero attached hydrogens (tertiary/aromatic N) is 2. The summed E-state index contributed by atoms with van der Waals surface area (Å²) in [6, 6.07) is 2.02. The molecule has 0 amide bonds. The summed E-state index contributed by atoms with van der Waals surface area (Å²) < 4.78 is 7.58. The lowest BCUT2D eigenvalue weighted by Crippen LogP contribution is -2.27. The Kier molecular flexibility index (Phi) is 1.62. The Morgan fingerprint density at radius 1 is 1.71 bits per heavy atom. The van der Waals surface area contributed by atoms with Crippen molar-refractivity contribution in [3.05, 3.63) is 18.0 Å². The zero-order valence-corrected chi connectivity index (χ0v) is 7.73. The summed E-state index contributed by atoms with van der Waals surface area (Å²) in [7, 11) is 0. The van der Waals surface area contributed by atoms with E-state index in [1.807, 2.05) is 16.9 Å². The molecule has 74 valence electrons. The van der Waals surface area contributed by atoms with Crippen LogP contribution in [0.5, 0.6) is 0 Å². The number of rotatable bonds is 1. The highest BCUT2D eigenvalue weighted by Gasteiger charge is 2.24. The molecule has 0 unspecified atom stereocenters. The van der Waals surface area contributed by atoms with Gasteiger partial charge in [0.25, 0.3) is 0 Å². The van der Waals surface area contributed by atoms with E-state index < -0.39 is 0 Å². The summed E-state index contributed by atoms with van der Waals surface area (Å²) >= 11 is 0. The van der Waals surface area contributed by atoms with Gasteiger partial charge >= 0.3 is 0 Å². The predicted molar refractivity (Wildman–Crippen MR) is 51.8 cm³/mol. The Balaban J connectivity index is 2.24. The predicted octanol–water partition coefficient (Wildman–Crippen LogP) is 0.394. The largest absolute Gasteiger partial charge is 0.369 e. The lowest BCUT2D eigenvalue weighted by Gasteiger charge is -2.23. The summed E-state index contributed by atoms with van der Waals surface area (Å²) in [5.41, 5.74) is 7.69. The van der Waals surface area contributed by atoms with Crippen molar-refractivity contribution in [2.24, 2.45) is 5.73 Å². The third kappa shape index (κ3) is 0.935. The molecule has 5 heteroatoms. The fourth-order valence-electron chi connectivity index (χ4n) is 2.01. The fourth-order valence-corrected chi connectivity index (χ4v) is 2.01. The molecule has 0 radical (unpaired) electrons. The van der Waals surface area contributed by atoms with Gasteiger partial charge in [-0.3, -0.25) is 4.68 Å². The second kappa shape index (κ2) is 2.83. The van der Waals surface area contributed by atoms with Gasteiger partial charge in [-0.25, -0.2) is 0 Å². The standard InChI is InChI=1S/C9H12N4O/c10-5-7-8-6-1-2-11-9(6)12-13(8)3-4-14-7/h1-2,7H,3-5,10H2,(H,11,12)/t7-/m1/s1. The van der Waals surface area contributed by atoms with Crippen molar-refractivity contribution in [1.29, 1.82) is 0 Å². The van der Waals surface area contributed by atoms with Gasteiger partial charge in [0.15, 0.2) is 5.65 Å². The van der Waals surface area contributed by atoms with Gasteiger partial charge in [-0.2, -0.15) is 5.10 Å². The van der Waals surface area contributed by atoms with Crippen LogP contribution < -0.4 is 5.73 Å². The molecular weight excluding hydrogens is 180 g/mol. The first-order valence-corrected chi connectivity index (χ1v) is 4.75. The van der Waals surface area contributed by atoms with Gasteiger partial charge in [0.05, 0.1) is 18.8 Å². The molecule has 3 N–H and O–H groups in total. The maximum absolute atomic E-state index is 5.66. The number of hydrogen-bond donors (Lipinski definition) is 2. The molecule has 0 aromatic carbocycles. The second-order valence-corrected chi connectivity index (χ2v) is 3.44. The van der Waals surface area contributed by atoms with Crippen LogP contribution in [0.25, 0.3) is 11.0 Å². The normalized spacial score (nSPS) is 21.4. The summed E-state index contributed by atoms with van der Waals surface area (Å²) in [5, 5.41) is 5.56. The van der Waals surface area contributed by atoms with E-state index in [4.69, 9.17) is 10.5 Å². The molecule has 3 heterocycles. The molecule has 3 rings (SSSR count). The van der Waals surface area contributed by atoms with E-state index in [9.17, 15) is 0 Å². The molecule has 0 bridgehead atoms. The minimum Gasteiger partial charge on any atom is -0.369 e. The first-order chi connectivity index (χ1) is 6.90. The van der Waals surface area contributed by atoms with E-state index in [1.165, 1.54) is 0 Å². The van der Waals surface area contributed by atoms with E-state index >= 15 is 0 Å². The van der Waals surface area contributed by atoms with E-state index in [1.54, 1.807) is 0 Å². The summed E-state index contributed by atoms with van der Waals surface area (Å²) in [4.78, 5) is 3.09. The molecule has 0 saturated heterocycles. The zero-order chi connectivity index (χ0) is 9.54. The molecule has 0 aliphatic carbocycles. The first kappa shape index (κ1) is 8.02. The van der Waals surface area contributed by atoms with E-state index in [2.05, 4.69) is 10.1 Å². The number of ether oxygens (including phenoxy) is 1. The van der Waals surface area contributed by atoms with Crippen LogP contribution in [0.15, 0.2) is 12.3 Å². The van der Waals surface area contributed by atoms with Crippen LogP contribution in [-0.4, -0.2) is 27.9 Å². The minimum atomic E-state index is -0.00968. The van der Waals surface area contributed by atoms with E-state index in [0.29, 0.717) is 13.2 Å². The molecule has 1 aliphatic rings. The van der Waals surface area contributed by atoms with Crippen molar-refractivity contribution in [3.63, 3.8) is 0 Å². The number of nitrogens with one attached hydrogen (secondary N) is 1. The number of aromatic amines is 1. The van der Waals surface area contributed by atoms with Gasteiger partial charge in [0.1, 0.15) is 6.10 Å². The molecule has 1 aliphatic heterocycles. The summed E-state index contributed by atoms with van der Waals surface area (Å²) in [6.07, 6.45) is 1.88. The van der Waals surface area contributed by atoms with Crippen LogP contribution in [0, 0.1) is 0 Å². The summed E-state index contributed by atoms with van der Waals surface area (Å²) in [5.74, 6) is 0. The maximum atomic E-state index is 5.66. The van der Waals surface area contributed by atoms with Crippen molar-refractivity contribution in [3.8, 4) is 0 Å². The number of fused-ring (bicyclic) bond motifs is 3. The van der Waals surface area contributed by atoms with Crippen molar-refractivity contribution in [2.75, 3.05) is 13.2 Å². The molecule has 0 saturated carbocycles. The van der Waals surface area contributed by atoms with E-state index in [-0.39, 0.29) is 6.10 Å². The van der Waals surface area contributed by atoms with Crippen LogP contribution in [-0.2, 0) is 11.3 Å². The first-order valence-electron chi connectivity index (χ1n) is 4.75. The molecule has 2 aromatic heterocycles. The molecule has 5 nitrogen and oxygen atoms in total. The van der Waals surface area contributed by atoms with Crippen LogP contribution in [0.4, 0.5) is 0 Å². The van der Waals surface area contributed by atoms with Gasteiger partial charge in [0.2, 0.25) is 0 Å². The quantitative estimate of drug-likeness (QED) is 0.687. The number of hydrogen-bond acceptors (Lipinski definition) is 3. The zero-order valence-electron chi connectivity index (χ0n) is 7.73. The molecule has 0 fully saturated rings. The van der Waals surface area contributed by atoms with Crippen LogP contribution in [0.1, 0.15) is 11.8 Å². The van der Waals surface area contributed by atoms with Gasteiger partial charge in [-0.05, 0) is 6.07 Å². The minimum absolute atomic E-state index is 0.00968. The van der Waals surface area contributed by atoms with Crippen molar-refractivity contribution < 1.29 is 4.74 Å². The van der Waals surface area contributed by atoms with E-state index in [0.717, 1.165) is 23.3 Å². The Bertz CT molecular complexity index is 458. The third-order valence-corrected chi connectivity index (χ3v) is 2.64. The lowest BCUT2D eigenvalue weighted by atomic mass is 10.2. The SMILES string of the molecule is NC[C@H]1OCCn2nc3[nH]ccc3c21. The highest BCUT2D eigenvalue weighted by molar-refractivity contribution is 5.79. The van der Waals surface area contributed by atoms with Gasteiger partial charge < -0.3 is 15.5 Å². The summed E-state index contributed by atoms with van der Waals surface area (Å²) in [6.45, 7) is 2.01. The van der Waals surface area contributed by atoms with Crippen molar-refractivity contribution in [1.82, 2.24) is 14.8 Å². The Labute approximate surface area is 80.8 Å². The van der Waals surface area contributed by atoms with Gasteiger partial charge in [-0.15, -0.1) is 0 Å². The van der Waals surface area contributed by atoms with Gasteiger partial charge in [-0.1, -0.05) is 0 Å². The number of H-pyrrole nitrogens is 1. The smallest absolute Gasteiger partial charge is 0.159 e. The van der Waals surface area contributed by atoms with Crippen LogP contribution >= 0.6 is 0 Å². The maximum Gasteiger partial charge on any atom is 0.159 e. The van der Waals surface area contributed by atoms with Crippen LogP contribution in [0.2, 0.25) is 0 Å². The molecule has 14 heavy (non-hydrogen) atoms. The Hall–Kier alpha value is -1.33. The average Bonchev–Trinajstić information content (AvgIpc) is 2.75. The Morgan fingerprint density at radius 2 is 2.64 bits per heavy atom. The molecule has 2 aromatic rings. The topological polar surface area (TPSA) is 68.9 Å². The fraction of sp³-hybridized carbons (Fsp3) is 0.444. The second-order valence-electron chi connectivity index (χ2n) is 3.44. The lowest BCUT2D eigenvalue weighted by molar-refractivity contribution is 0.0236. The highest BCUT2D eigenvalue weighted by Crippen LogP contribution is 2.28. The number of aromatic nitrogens is 3. The highest BCUT2D eigenvalue weighted by atomic mass is 16.5. The average molecular weight is 192 g/mol. The monoisotopic (exact) mass is 192 g/mol. The molecular formula is C9H12N4O. The third-order valence-electron chi connectivity index (χ3n) is 2.64. The number of nitrogens with two attached hydrogens (primary N) is 1. The molecule has 1 atom stereocenters.